The van der Waals surface area contributed by atoms with Gasteiger partial charge in [0.1, 0.15) is 0 Å². The van der Waals surface area contributed by atoms with Crippen LogP contribution in [0.1, 0.15) is 23.6 Å². The normalized spacial score (nSPS) is 13.4. The molecule has 0 aromatic heterocycles. The SMILES string of the molecule is CC1=Cc2cc(-c3ccc(Cl)cc3)c(C)cc2C1. The van der Waals surface area contributed by atoms with E-state index in [1.54, 1.807) is 0 Å². The fourth-order valence-corrected chi connectivity index (χ4v) is 2.76. The van der Waals surface area contributed by atoms with Crippen molar-refractivity contribution >= 4 is 17.7 Å². The summed E-state index contributed by atoms with van der Waals surface area (Å²) in [6.07, 6.45) is 3.38. The molecule has 0 heterocycles. The number of allylic oxidation sites excluding steroid dienone is 1. The second-order valence-electron chi connectivity index (χ2n) is 5.04. The molecule has 0 radical (unpaired) electrons. The van der Waals surface area contributed by atoms with Gasteiger partial charge in [-0.25, -0.2) is 0 Å². The van der Waals surface area contributed by atoms with Gasteiger partial charge < -0.3 is 0 Å². The standard InChI is InChI=1S/C17H15Cl/c1-11-7-14-9-12(2)17(10-15(14)8-11)13-3-5-16(18)6-4-13/h3-6,8-10H,7H2,1-2H3. The van der Waals surface area contributed by atoms with Gasteiger partial charge in [0.2, 0.25) is 0 Å². The molecule has 0 aliphatic heterocycles. The zero-order valence-corrected chi connectivity index (χ0v) is 11.4. The van der Waals surface area contributed by atoms with E-state index in [0.717, 1.165) is 11.4 Å². The maximum absolute atomic E-state index is 5.94. The number of halogens is 1. The van der Waals surface area contributed by atoms with Crippen molar-refractivity contribution in [2.45, 2.75) is 20.3 Å². The molecule has 18 heavy (non-hydrogen) atoms. The number of hydrogen-bond acceptors (Lipinski definition) is 0. The fourth-order valence-electron chi connectivity index (χ4n) is 2.63. The fraction of sp³-hybridized carbons (Fsp3) is 0.176. The van der Waals surface area contributed by atoms with Crippen LogP contribution >= 0.6 is 11.6 Å². The van der Waals surface area contributed by atoms with Crippen molar-refractivity contribution in [2.24, 2.45) is 0 Å². The molecular formula is C17H15Cl. The molecule has 1 aliphatic rings. The third-order valence-electron chi connectivity index (χ3n) is 3.51. The molecule has 0 amide bonds. The first-order valence-corrected chi connectivity index (χ1v) is 6.58. The summed E-state index contributed by atoms with van der Waals surface area (Å²) in [4.78, 5) is 0. The molecule has 2 aromatic rings. The first-order valence-electron chi connectivity index (χ1n) is 6.20. The molecular weight excluding hydrogens is 240 g/mol. The van der Waals surface area contributed by atoms with E-state index in [9.17, 15) is 0 Å². The van der Waals surface area contributed by atoms with Crippen LogP contribution in [0.3, 0.4) is 0 Å². The Morgan fingerprint density at radius 3 is 2.44 bits per heavy atom. The van der Waals surface area contributed by atoms with Gasteiger partial charge in [-0.15, -0.1) is 0 Å². The van der Waals surface area contributed by atoms with Crippen molar-refractivity contribution in [1.29, 1.82) is 0 Å². The highest BCUT2D eigenvalue weighted by Crippen LogP contribution is 2.32. The smallest absolute Gasteiger partial charge is 0.0406 e. The summed E-state index contributed by atoms with van der Waals surface area (Å²) >= 11 is 5.94. The number of hydrogen-bond donors (Lipinski definition) is 0. The summed E-state index contributed by atoms with van der Waals surface area (Å²) in [6.45, 7) is 4.37. The van der Waals surface area contributed by atoms with Crippen LogP contribution in [0.2, 0.25) is 5.02 Å². The first kappa shape index (κ1) is 11.6. The van der Waals surface area contributed by atoms with Gasteiger partial charge in [0.25, 0.3) is 0 Å². The Morgan fingerprint density at radius 1 is 1.00 bits per heavy atom. The Labute approximate surface area is 113 Å². The molecule has 2 aromatic carbocycles. The van der Waals surface area contributed by atoms with Crippen LogP contribution in [0, 0.1) is 6.92 Å². The molecule has 0 atom stereocenters. The monoisotopic (exact) mass is 254 g/mol. The quantitative estimate of drug-likeness (QED) is 0.650. The second kappa shape index (κ2) is 4.29. The van der Waals surface area contributed by atoms with E-state index in [1.807, 2.05) is 12.1 Å². The lowest BCUT2D eigenvalue weighted by atomic mass is 9.95. The number of rotatable bonds is 1. The van der Waals surface area contributed by atoms with E-state index < -0.39 is 0 Å². The van der Waals surface area contributed by atoms with E-state index >= 15 is 0 Å². The zero-order chi connectivity index (χ0) is 12.7. The van der Waals surface area contributed by atoms with Crippen LogP contribution in [0.5, 0.6) is 0 Å². The maximum atomic E-state index is 5.94. The minimum absolute atomic E-state index is 0.785. The molecule has 0 bridgehead atoms. The topological polar surface area (TPSA) is 0 Å². The summed E-state index contributed by atoms with van der Waals surface area (Å²) in [7, 11) is 0. The number of fused-ring (bicyclic) bond motifs is 1. The summed E-state index contributed by atoms with van der Waals surface area (Å²) < 4.78 is 0. The molecule has 1 heteroatoms. The Hall–Kier alpha value is -1.53. The van der Waals surface area contributed by atoms with Gasteiger partial charge in [0, 0.05) is 5.02 Å². The highest BCUT2D eigenvalue weighted by molar-refractivity contribution is 6.30. The van der Waals surface area contributed by atoms with Crippen LogP contribution in [0.4, 0.5) is 0 Å². The van der Waals surface area contributed by atoms with Crippen LogP contribution in [-0.2, 0) is 6.42 Å². The van der Waals surface area contributed by atoms with Crippen LogP contribution < -0.4 is 0 Å². The van der Waals surface area contributed by atoms with Gasteiger partial charge in [0.05, 0.1) is 0 Å². The van der Waals surface area contributed by atoms with E-state index in [4.69, 9.17) is 11.6 Å². The van der Waals surface area contributed by atoms with Crippen molar-refractivity contribution in [3.8, 4) is 11.1 Å². The van der Waals surface area contributed by atoms with Crippen LogP contribution in [0.15, 0.2) is 42.0 Å². The van der Waals surface area contributed by atoms with Gasteiger partial charge in [0.15, 0.2) is 0 Å². The molecule has 0 nitrogen and oxygen atoms in total. The summed E-state index contributed by atoms with van der Waals surface area (Å²) in [5, 5.41) is 0.785. The minimum Gasteiger partial charge on any atom is -0.0843 e. The highest BCUT2D eigenvalue weighted by Gasteiger charge is 2.12. The Morgan fingerprint density at radius 2 is 1.72 bits per heavy atom. The minimum atomic E-state index is 0.785. The number of aryl methyl sites for hydroxylation is 1. The third-order valence-corrected chi connectivity index (χ3v) is 3.76. The first-order chi connectivity index (χ1) is 8.63. The van der Waals surface area contributed by atoms with Crippen molar-refractivity contribution < 1.29 is 0 Å². The molecule has 0 saturated carbocycles. The molecule has 0 unspecified atom stereocenters. The van der Waals surface area contributed by atoms with Gasteiger partial charge in [-0.05, 0) is 66.3 Å². The van der Waals surface area contributed by atoms with Crippen LogP contribution in [-0.4, -0.2) is 0 Å². The lowest BCUT2D eigenvalue weighted by Crippen LogP contribution is -1.89. The Bertz CT molecular complexity index is 633. The Balaban J connectivity index is 2.13. The molecule has 1 aliphatic carbocycles. The molecule has 0 saturated heterocycles. The summed E-state index contributed by atoms with van der Waals surface area (Å²) in [5.41, 5.74) is 8.12. The van der Waals surface area contributed by atoms with Gasteiger partial charge in [-0.3, -0.25) is 0 Å². The van der Waals surface area contributed by atoms with E-state index in [1.165, 1.54) is 33.4 Å². The van der Waals surface area contributed by atoms with Gasteiger partial charge in [-0.1, -0.05) is 41.4 Å². The van der Waals surface area contributed by atoms with E-state index in [2.05, 4.69) is 44.2 Å². The third kappa shape index (κ3) is 1.97. The van der Waals surface area contributed by atoms with Crippen molar-refractivity contribution in [3.05, 3.63) is 63.7 Å². The second-order valence-corrected chi connectivity index (χ2v) is 5.48. The summed E-state index contributed by atoms with van der Waals surface area (Å²) in [5.74, 6) is 0. The molecule has 0 fully saturated rings. The molecule has 3 rings (SSSR count). The number of benzene rings is 2. The van der Waals surface area contributed by atoms with Crippen molar-refractivity contribution in [3.63, 3.8) is 0 Å². The molecule has 90 valence electrons. The maximum Gasteiger partial charge on any atom is 0.0406 e. The van der Waals surface area contributed by atoms with Crippen molar-refractivity contribution in [2.75, 3.05) is 0 Å². The summed E-state index contributed by atoms with van der Waals surface area (Å²) in [6, 6.07) is 12.7. The van der Waals surface area contributed by atoms with Crippen molar-refractivity contribution in [1.82, 2.24) is 0 Å². The largest absolute Gasteiger partial charge is 0.0843 e. The van der Waals surface area contributed by atoms with Crippen LogP contribution in [0.25, 0.3) is 17.2 Å². The predicted octanol–water partition coefficient (Wildman–Crippen LogP) is 5.27. The van der Waals surface area contributed by atoms with Gasteiger partial charge >= 0.3 is 0 Å². The zero-order valence-electron chi connectivity index (χ0n) is 10.6. The Kier molecular flexibility index (Phi) is 2.76. The molecule has 0 spiro atoms. The average Bonchev–Trinajstić information content (AvgIpc) is 2.68. The van der Waals surface area contributed by atoms with E-state index in [0.29, 0.717) is 0 Å². The van der Waals surface area contributed by atoms with E-state index in [-0.39, 0.29) is 0 Å². The highest BCUT2D eigenvalue weighted by atomic mass is 35.5. The van der Waals surface area contributed by atoms with Gasteiger partial charge in [-0.2, -0.15) is 0 Å². The molecule has 0 N–H and O–H groups in total. The lowest BCUT2D eigenvalue weighted by molar-refractivity contribution is 1.19. The lowest BCUT2D eigenvalue weighted by Gasteiger charge is -2.09. The average molecular weight is 255 g/mol. The predicted molar refractivity (Wildman–Crippen MR) is 79.0 cm³/mol.